The summed E-state index contributed by atoms with van der Waals surface area (Å²) in [4.78, 5) is 12.3. The second-order valence-electron chi connectivity index (χ2n) is 6.92. The standard InChI is InChI=1S/C21H25ClN2O2.ClH/c22-17-6-4-15(5-7-17)14-26-20-3-1-2-16(12-20)13-21(25)24-19-10-8-18(23)9-11-19;/h1-7,12,18-19H,8-11,13-14,23H2,(H,24,25);1H. The number of carbonyl (C=O) groups excluding carboxylic acids is 1. The Balaban J connectivity index is 0.00000261. The van der Waals surface area contributed by atoms with Crippen molar-refractivity contribution in [2.24, 2.45) is 5.73 Å². The number of hydrogen-bond acceptors (Lipinski definition) is 3. The number of halogens is 2. The van der Waals surface area contributed by atoms with Crippen molar-refractivity contribution in [2.45, 2.75) is 50.8 Å². The third-order valence-electron chi connectivity index (χ3n) is 4.72. The molecule has 2 aromatic carbocycles. The summed E-state index contributed by atoms with van der Waals surface area (Å²) >= 11 is 5.89. The Kier molecular flexibility index (Phi) is 8.42. The number of benzene rings is 2. The maximum absolute atomic E-state index is 12.3. The van der Waals surface area contributed by atoms with E-state index in [4.69, 9.17) is 22.1 Å². The van der Waals surface area contributed by atoms with Gasteiger partial charge in [0, 0.05) is 17.1 Å². The minimum atomic E-state index is 0. The van der Waals surface area contributed by atoms with Crippen molar-refractivity contribution in [3.8, 4) is 5.75 Å². The molecule has 0 unspecified atom stereocenters. The van der Waals surface area contributed by atoms with Crippen molar-refractivity contribution < 1.29 is 9.53 Å². The predicted molar refractivity (Wildman–Crippen MR) is 112 cm³/mol. The van der Waals surface area contributed by atoms with Crippen molar-refractivity contribution in [1.82, 2.24) is 5.32 Å². The minimum Gasteiger partial charge on any atom is -0.489 e. The molecule has 0 bridgehead atoms. The van der Waals surface area contributed by atoms with E-state index in [-0.39, 0.29) is 30.4 Å². The molecule has 0 aliphatic heterocycles. The molecule has 1 aliphatic rings. The smallest absolute Gasteiger partial charge is 0.224 e. The molecule has 0 aromatic heterocycles. The largest absolute Gasteiger partial charge is 0.489 e. The quantitative estimate of drug-likeness (QED) is 0.749. The lowest BCUT2D eigenvalue weighted by molar-refractivity contribution is -0.121. The van der Waals surface area contributed by atoms with E-state index in [1.807, 2.05) is 48.5 Å². The molecule has 27 heavy (non-hydrogen) atoms. The third kappa shape index (κ3) is 7.06. The van der Waals surface area contributed by atoms with Gasteiger partial charge in [-0.15, -0.1) is 12.4 Å². The lowest BCUT2D eigenvalue weighted by atomic mass is 9.91. The van der Waals surface area contributed by atoms with Gasteiger partial charge in [0.15, 0.2) is 0 Å². The van der Waals surface area contributed by atoms with E-state index in [1.165, 1.54) is 0 Å². The van der Waals surface area contributed by atoms with Crippen molar-refractivity contribution in [1.29, 1.82) is 0 Å². The van der Waals surface area contributed by atoms with Crippen molar-refractivity contribution in [2.75, 3.05) is 0 Å². The zero-order valence-electron chi connectivity index (χ0n) is 15.2. The van der Waals surface area contributed by atoms with E-state index in [0.717, 1.165) is 42.6 Å². The molecule has 2 aromatic rings. The topological polar surface area (TPSA) is 64.3 Å². The van der Waals surface area contributed by atoms with Gasteiger partial charge in [-0.25, -0.2) is 0 Å². The van der Waals surface area contributed by atoms with Crippen LogP contribution in [0.15, 0.2) is 48.5 Å². The van der Waals surface area contributed by atoms with Crippen LogP contribution in [0.1, 0.15) is 36.8 Å². The van der Waals surface area contributed by atoms with Gasteiger partial charge in [0.05, 0.1) is 6.42 Å². The summed E-state index contributed by atoms with van der Waals surface area (Å²) in [5.74, 6) is 0.814. The second kappa shape index (κ2) is 10.5. The molecule has 0 heterocycles. The lowest BCUT2D eigenvalue weighted by Crippen LogP contribution is -2.41. The van der Waals surface area contributed by atoms with Gasteiger partial charge in [0.25, 0.3) is 0 Å². The predicted octanol–water partition coefficient (Wildman–Crippen LogP) is 4.27. The summed E-state index contributed by atoms with van der Waals surface area (Å²) in [5, 5.41) is 3.83. The molecule has 0 spiro atoms. The lowest BCUT2D eigenvalue weighted by Gasteiger charge is -2.26. The molecule has 0 radical (unpaired) electrons. The molecule has 3 rings (SSSR count). The average molecular weight is 409 g/mol. The summed E-state index contributed by atoms with van der Waals surface area (Å²) in [6.07, 6.45) is 4.27. The highest BCUT2D eigenvalue weighted by Gasteiger charge is 2.20. The van der Waals surface area contributed by atoms with E-state index in [1.54, 1.807) is 0 Å². The molecular weight excluding hydrogens is 383 g/mol. The van der Waals surface area contributed by atoms with Crippen LogP contribution in [-0.4, -0.2) is 18.0 Å². The molecule has 1 amide bonds. The Morgan fingerprint density at radius 1 is 1.07 bits per heavy atom. The van der Waals surface area contributed by atoms with Crippen LogP contribution < -0.4 is 15.8 Å². The first-order valence-corrected chi connectivity index (χ1v) is 9.47. The Morgan fingerprint density at radius 2 is 1.78 bits per heavy atom. The number of carbonyl (C=O) groups is 1. The van der Waals surface area contributed by atoms with Crippen LogP contribution in [0.5, 0.6) is 5.75 Å². The van der Waals surface area contributed by atoms with Gasteiger partial charge >= 0.3 is 0 Å². The molecular formula is C21H26Cl2N2O2. The molecule has 146 valence electrons. The third-order valence-corrected chi connectivity index (χ3v) is 4.97. The maximum Gasteiger partial charge on any atom is 0.224 e. The molecule has 0 atom stereocenters. The van der Waals surface area contributed by atoms with Crippen LogP contribution in [0, 0.1) is 0 Å². The van der Waals surface area contributed by atoms with Crippen molar-refractivity contribution in [3.05, 3.63) is 64.7 Å². The normalized spacial score (nSPS) is 19.0. The van der Waals surface area contributed by atoms with Gasteiger partial charge in [-0.3, -0.25) is 4.79 Å². The highest BCUT2D eigenvalue weighted by Crippen LogP contribution is 2.19. The molecule has 1 fully saturated rings. The first kappa shape index (κ1) is 21.5. The molecule has 0 saturated heterocycles. The van der Waals surface area contributed by atoms with E-state index in [9.17, 15) is 4.79 Å². The Bertz CT molecular complexity index is 729. The summed E-state index contributed by atoms with van der Waals surface area (Å²) in [6, 6.07) is 15.8. The summed E-state index contributed by atoms with van der Waals surface area (Å²) in [7, 11) is 0. The highest BCUT2D eigenvalue weighted by atomic mass is 35.5. The maximum atomic E-state index is 12.3. The molecule has 3 N–H and O–H groups in total. The van der Waals surface area contributed by atoms with Crippen LogP contribution in [0.2, 0.25) is 5.02 Å². The fourth-order valence-electron chi connectivity index (χ4n) is 3.22. The number of amides is 1. The minimum absolute atomic E-state index is 0. The Morgan fingerprint density at radius 3 is 2.48 bits per heavy atom. The molecule has 4 nitrogen and oxygen atoms in total. The monoisotopic (exact) mass is 408 g/mol. The summed E-state index contributed by atoms with van der Waals surface area (Å²) < 4.78 is 5.83. The zero-order valence-corrected chi connectivity index (χ0v) is 16.8. The van der Waals surface area contributed by atoms with Crippen LogP contribution in [0.25, 0.3) is 0 Å². The number of ether oxygens (including phenoxy) is 1. The van der Waals surface area contributed by atoms with Crippen LogP contribution >= 0.6 is 24.0 Å². The van der Waals surface area contributed by atoms with Crippen molar-refractivity contribution >= 4 is 29.9 Å². The Labute approximate surface area is 171 Å². The van der Waals surface area contributed by atoms with Gasteiger partial charge in [-0.1, -0.05) is 35.9 Å². The van der Waals surface area contributed by atoms with Gasteiger partial charge in [0.2, 0.25) is 5.91 Å². The molecule has 6 heteroatoms. The first-order valence-electron chi connectivity index (χ1n) is 9.09. The fraction of sp³-hybridized carbons (Fsp3) is 0.381. The highest BCUT2D eigenvalue weighted by molar-refractivity contribution is 6.30. The number of hydrogen-bond donors (Lipinski definition) is 2. The number of nitrogens with two attached hydrogens (primary N) is 1. The van der Waals surface area contributed by atoms with E-state index < -0.39 is 0 Å². The SMILES string of the molecule is Cl.NC1CCC(NC(=O)Cc2cccc(OCc3ccc(Cl)cc3)c2)CC1. The van der Waals surface area contributed by atoms with E-state index in [0.29, 0.717) is 18.1 Å². The number of nitrogens with one attached hydrogen (secondary N) is 1. The fourth-order valence-corrected chi connectivity index (χ4v) is 3.35. The first-order chi connectivity index (χ1) is 12.6. The molecule has 1 aliphatic carbocycles. The average Bonchev–Trinajstić information content (AvgIpc) is 2.63. The van der Waals surface area contributed by atoms with Crippen LogP contribution in [0.4, 0.5) is 0 Å². The zero-order chi connectivity index (χ0) is 18.4. The Hall–Kier alpha value is -1.75. The van der Waals surface area contributed by atoms with E-state index in [2.05, 4.69) is 5.32 Å². The van der Waals surface area contributed by atoms with Gasteiger partial charge in [0.1, 0.15) is 12.4 Å². The van der Waals surface area contributed by atoms with Crippen molar-refractivity contribution in [3.63, 3.8) is 0 Å². The molecule has 1 saturated carbocycles. The van der Waals surface area contributed by atoms with Gasteiger partial charge in [-0.2, -0.15) is 0 Å². The summed E-state index contributed by atoms with van der Waals surface area (Å²) in [5.41, 5.74) is 7.91. The second-order valence-corrected chi connectivity index (χ2v) is 7.35. The number of rotatable bonds is 6. The van der Waals surface area contributed by atoms with Gasteiger partial charge in [-0.05, 0) is 61.1 Å². The van der Waals surface area contributed by atoms with E-state index >= 15 is 0 Å². The van der Waals surface area contributed by atoms with Crippen LogP contribution in [-0.2, 0) is 17.8 Å². The van der Waals surface area contributed by atoms with Crippen LogP contribution in [0.3, 0.4) is 0 Å². The summed E-state index contributed by atoms with van der Waals surface area (Å²) in [6.45, 7) is 0.467. The van der Waals surface area contributed by atoms with Gasteiger partial charge < -0.3 is 15.8 Å².